The monoisotopic (exact) mass is 340 g/mol. The van der Waals surface area contributed by atoms with Gasteiger partial charge in [-0.1, -0.05) is 18.2 Å². The SMILES string of the molecule is CCOC(=O)c1cc(OC=CC(Cl)Cl)nn1-c1ccccc1. The number of aromatic nitrogens is 2. The van der Waals surface area contributed by atoms with Gasteiger partial charge in [-0.15, -0.1) is 28.3 Å². The number of benzene rings is 1. The average molecular weight is 341 g/mol. The highest BCUT2D eigenvalue weighted by molar-refractivity contribution is 6.45. The van der Waals surface area contributed by atoms with Crippen molar-refractivity contribution in [1.82, 2.24) is 9.78 Å². The van der Waals surface area contributed by atoms with E-state index in [4.69, 9.17) is 32.7 Å². The van der Waals surface area contributed by atoms with Crippen molar-refractivity contribution in [2.75, 3.05) is 6.61 Å². The topological polar surface area (TPSA) is 53.4 Å². The van der Waals surface area contributed by atoms with Crippen molar-refractivity contribution in [1.29, 1.82) is 0 Å². The lowest BCUT2D eigenvalue weighted by atomic mass is 10.3. The van der Waals surface area contributed by atoms with E-state index in [1.807, 2.05) is 30.3 Å². The van der Waals surface area contributed by atoms with Crippen LogP contribution in [0.2, 0.25) is 0 Å². The van der Waals surface area contributed by atoms with E-state index in [1.54, 1.807) is 6.92 Å². The first-order valence-corrected chi connectivity index (χ1v) is 7.43. The number of esters is 1. The van der Waals surface area contributed by atoms with E-state index < -0.39 is 10.8 Å². The predicted molar refractivity (Wildman–Crippen MR) is 84.8 cm³/mol. The molecule has 0 aliphatic rings. The summed E-state index contributed by atoms with van der Waals surface area (Å²) in [6, 6.07) is 10.7. The normalized spacial score (nSPS) is 11.1. The molecule has 0 N–H and O–H groups in total. The molecule has 1 aromatic carbocycles. The summed E-state index contributed by atoms with van der Waals surface area (Å²) < 4.78 is 11.8. The van der Waals surface area contributed by atoms with Gasteiger partial charge in [-0.3, -0.25) is 0 Å². The molecule has 1 heterocycles. The minimum absolute atomic E-state index is 0.233. The molecule has 0 saturated carbocycles. The summed E-state index contributed by atoms with van der Waals surface area (Å²) in [5.74, 6) is -0.248. The summed E-state index contributed by atoms with van der Waals surface area (Å²) in [7, 11) is 0. The standard InChI is InChI=1S/C15H14Cl2N2O3/c1-2-21-15(20)12-10-14(22-9-8-13(16)17)18-19(12)11-6-4-3-5-7-11/h3-10,13H,2H2,1H3. The average Bonchev–Trinajstić information content (AvgIpc) is 2.92. The number of carbonyl (C=O) groups is 1. The van der Waals surface area contributed by atoms with Gasteiger partial charge < -0.3 is 9.47 Å². The third-order valence-electron chi connectivity index (χ3n) is 2.59. The predicted octanol–water partition coefficient (Wildman–Crippen LogP) is 3.75. The molecular weight excluding hydrogens is 327 g/mol. The van der Waals surface area contributed by atoms with E-state index in [-0.39, 0.29) is 18.2 Å². The lowest BCUT2D eigenvalue weighted by molar-refractivity contribution is 0.0515. The molecule has 0 atom stereocenters. The number of ether oxygens (including phenoxy) is 2. The first kappa shape index (κ1) is 16.4. The maximum atomic E-state index is 12.0. The molecule has 0 aliphatic carbocycles. The first-order valence-electron chi connectivity index (χ1n) is 6.56. The van der Waals surface area contributed by atoms with E-state index in [2.05, 4.69) is 5.10 Å². The van der Waals surface area contributed by atoms with Gasteiger partial charge in [0.15, 0.2) is 5.69 Å². The molecule has 1 aromatic heterocycles. The Morgan fingerprint density at radius 2 is 2.09 bits per heavy atom. The van der Waals surface area contributed by atoms with E-state index in [9.17, 15) is 4.79 Å². The van der Waals surface area contributed by atoms with Crippen LogP contribution in [0.3, 0.4) is 0 Å². The maximum absolute atomic E-state index is 12.0. The number of carbonyl (C=O) groups excluding carboxylic acids is 1. The maximum Gasteiger partial charge on any atom is 0.357 e. The summed E-state index contributed by atoms with van der Waals surface area (Å²) in [4.78, 5) is 11.4. The van der Waals surface area contributed by atoms with Crippen LogP contribution in [0.15, 0.2) is 48.7 Å². The second kappa shape index (κ2) is 7.87. The third kappa shape index (κ3) is 4.26. The zero-order valence-electron chi connectivity index (χ0n) is 11.8. The number of alkyl halides is 2. The summed E-state index contributed by atoms with van der Waals surface area (Å²) in [5.41, 5.74) is 0.988. The first-order chi connectivity index (χ1) is 10.6. The van der Waals surface area contributed by atoms with Gasteiger partial charge in [0.1, 0.15) is 4.84 Å². The third-order valence-corrected chi connectivity index (χ3v) is 2.88. The lowest BCUT2D eigenvalue weighted by Crippen LogP contribution is -2.11. The summed E-state index contributed by atoms with van der Waals surface area (Å²) in [5, 5.41) is 4.24. The number of hydrogen-bond acceptors (Lipinski definition) is 4. The highest BCUT2D eigenvalue weighted by Gasteiger charge is 2.18. The van der Waals surface area contributed by atoms with Crippen LogP contribution >= 0.6 is 23.2 Å². The molecule has 0 saturated heterocycles. The van der Waals surface area contributed by atoms with Crippen LogP contribution in [-0.2, 0) is 4.74 Å². The minimum atomic E-state index is -0.680. The Kier molecular flexibility index (Phi) is 5.86. The Morgan fingerprint density at radius 1 is 1.36 bits per heavy atom. The number of rotatable bonds is 6. The second-order valence-corrected chi connectivity index (χ2v) is 5.28. The molecule has 7 heteroatoms. The van der Waals surface area contributed by atoms with E-state index in [0.717, 1.165) is 5.69 Å². The molecule has 0 unspecified atom stereocenters. The van der Waals surface area contributed by atoms with Gasteiger partial charge in [-0.25, -0.2) is 9.48 Å². The van der Waals surface area contributed by atoms with Crippen molar-refractivity contribution in [3.05, 3.63) is 54.4 Å². The molecule has 2 aromatic rings. The van der Waals surface area contributed by atoms with Gasteiger partial charge in [-0.2, -0.15) is 0 Å². The molecule has 2 rings (SSSR count). The van der Waals surface area contributed by atoms with Crippen LogP contribution in [0.5, 0.6) is 5.88 Å². The summed E-state index contributed by atoms with van der Waals surface area (Å²) in [6.45, 7) is 2.01. The van der Waals surface area contributed by atoms with Gasteiger partial charge in [0.05, 0.1) is 18.6 Å². The Morgan fingerprint density at radius 3 is 2.73 bits per heavy atom. The molecule has 5 nitrogen and oxygen atoms in total. The molecular formula is C15H14Cl2N2O3. The van der Waals surface area contributed by atoms with Crippen LogP contribution in [0.25, 0.3) is 5.69 Å². The Labute approximate surface area is 138 Å². The van der Waals surface area contributed by atoms with Crippen LogP contribution < -0.4 is 4.74 Å². The smallest absolute Gasteiger partial charge is 0.357 e. The quantitative estimate of drug-likeness (QED) is 0.456. The fourth-order valence-electron chi connectivity index (χ4n) is 1.70. The fraction of sp³-hybridized carbons (Fsp3) is 0.200. The largest absolute Gasteiger partial charge is 0.461 e. The number of para-hydroxylation sites is 1. The molecule has 0 aliphatic heterocycles. The molecule has 0 spiro atoms. The lowest BCUT2D eigenvalue weighted by Gasteiger charge is -2.05. The van der Waals surface area contributed by atoms with Gasteiger partial charge in [0.2, 0.25) is 5.88 Å². The second-order valence-electron chi connectivity index (χ2n) is 4.12. The Balaban J connectivity index is 2.33. The van der Waals surface area contributed by atoms with E-state index in [0.29, 0.717) is 0 Å². The summed E-state index contributed by atoms with van der Waals surface area (Å²) in [6.07, 6.45) is 2.76. The molecule has 22 heavy (non-hydrogen) atoms. The van der Waals surface area contributed by atoms with Crippen LogP contribution in [-0.4, -0.2) is 27.2 Å². The van der Waals surface area contributed by atoms with Gasteiger partial charge >= 0.3 is 5.97 Å². The number of nitrogens with zero attached hydrogens (tertiary/aromatic N) is 2. The van der Waals surface area contributed by atoms with Crippen molar-refractivity contribution in [3.63, 3.8) is 0 Å². The van der Waals surface area contributed by atoms with Crippen molar-refractivity contribution < 1.29 is 14.3 Å². The summed E-state index contributed by atoms with van der Waals surface area (Å²) >= 11 is 11.1. The van der Waals surface area contributed by atoms with Crippen LogP contribution in [0, 0.1) is 0 Å². The Bertz CT molecular complexity index is 654. The Hall–Kier alpha value is -1.98. The minimum Gasteiger partial charge on any atom is -0.461 e. The molecule has 0 bridgehead atoms. The molecule has 116 valence electrons. The van der Waals surface area contributed by atoms with Crippen molar-refractivity contribution in [2.45, 2.75) is 11.8 Å². The van der Waals surface area contributed by atoms with Crippen molar-refractivity contribution >= 4 is 29.2 Å². The number of hydrogen-bond donors (Lipinski definition) is 0. The van der Waals surface area contributed by atoms with Gasteiger partial charge in [0, 0.05) is 6.07 Å². The van der Waals surface area contributed by atoms with Gasteiger partial charge in [0.25, 0.3) is 0 Å². The van der Waals surface area contributed by atoms with Crippen LogP contribution in [0.4, 0.5) is 0 Å². The van der Waals surface area contributed by atoms with Crippen molar-refractivity contribution in [3.8, 4) is 11.6 Å². The zero-order valence-corrected chi connectivity index (χ0v) is 13.3. The number of allylic oxidation sites excluding steroid dienone is 1. The number of halogens is 2. The highest BCUT2D eigenvalue weighted by Crippen LogP contribution is 2.18. The molecule has 0 fully saturated rings. The molecule has 0 radical (unpaired) electrons. The fourth-order valence-corrected chi connectivity index (χ4v) is 1.82. The van der Waals surface area contributed by atoms with E-state index >= 15 is 0 Å². The van der Waals surface area contributed by atoms with E-state index in [1.165, 1.54) is 23.1 Å². The van der Waals surface area contributed by atoms with Crippen LogP contribution in [0.1, 0.15) is 17.4 Å². The highest BCUT2D eigenvalue weighted by atomic mass is 35.5. The van der Waals surface area contributed by atoms with Crippen molar-refractivity contribution in [2.24, 2.45) is 0 Å². The van der Waals surface area contributed by atoms with Gasteiger partial charge in [-0.05, 0) is 25.1 Å². The molecule has 0 amide bonds. The zero-order chi connectivity index (χ0) is 15.9.